The lowest BCUT2D eigenvalue weighted by atomic mass is 9.95. The van der Waals surface area contributed by atoms with Crippen molar-refractivity contribution in [1.82, 2.24) is 10.2 Å². The van der Waals surface area contributed by atoms with Gasteiger partial charge in [-0.05, 0) is 50.8 Å². The molecule has 2 heterocycles. The number of benzene rings is 1. The van der Waals surface area contributed by atoms with Gasteiger partial charge in [0.1, 0.15) is 5.60 Å². The summed E-state index contributed by atoms with van der Waals surface area (Å²) < 4.78 is 10.7. The van der Waals surface area contributed by atoms with Gasteiger partial charge in [0.15, 0.2) is 6.23 Å². The van der Waals surface area contributed by atoms with E-state index < -0.39 is 17.8 Å². The van der Waals surface area contributed by atoms with E-state index in [2.05, 4.69) is 5.32 Å². The smallest absolute Gasteiger partial charge is 0.410 e. The molecule has 0 aromatic heterocycles. The van der Waals surface area contributed by atoms with Gasteiger partial charge in [0.25, 0.3) is 0 Å². The molecule has 3 rings (SSSR count). The van der Waals surface area contributed by atoms with Crippen LogP contribution in [0.3, 0.4) is 0 Å². The van der Waals surface area contributed by atoms with Crippen LogP contribution in [0.5, 0.6) is 0 Å². The number of esters is 1. The molecule has 0 bridgehead atoms. The molecule has 0 radical (unpaired) electrons. The number of carbonyl (C=O) groups is 3. The molecule has 1 aromatic carbocycles. The Kier molecular flexibility index (Phi) is 6.01. The van der Waals surface area contributed by atoms with Crippen molar-refractivity contribution < 1.29 is 23.9 Å². The second-order valence-corrected chi connectivity index (χ2v) is 8.53. The van der Waals surface area contributed by atoms with Crippen molar-refractivity contribution in [2.75, 3.05) is 13.1 Å². The summed E-state index contributed by atoms with van der Waals surface area (Å²) in [6.45, 7) is 9.83. The van der Waals surface area contributed by atoms with Crippen LogP contribution in [0.1, 0.15) is 52.2 Å². The van der Waals surface area contributed by atoms with Gasteiger partial charge in [-0.15, -0.1) is 0 Å². The second-order valence-electron chi connectivity index (χ2n) is 8.53. The number of amides is 2. The summed E-state index contributed by atoms with van der Waals surface area (Å²) in [6, 6.07) is 7.69. The van der Waals surface area contributed by atoms with Gasteiger partial charge in [-0.25, -0.2) is 9.59 Å². The Morgan fingerprint density at radius 2 is 1.80 bits per heavy atom. The third-order valence-electron chi connectivity index (χ3n) is 4.96. The van der Waals surface area contributed by atoms with Crippen LogP contribution in [-0.4, -0.2) is 47.8 Å². The first-order valence-corrected chi connectivity index (χ1v) is 10.0. The summed E-state index contributed by atoms with van der Waals surface area (Å²) in [4.78, 5) is 37.4. The zero-order chi connectivity index (χ0) is 22.1. The van der Waals surface area contributed by atoms with Crippen molar-refractivity contribution in [2.45, 2.75) is 52.9 Å². The molecule has 0 saturated carbocycles. The molecular weight excluding hydrogens is 384 g/mol. The molecule has 0 spiro atoms. The first-order valence-electron chi connectivity index (χ1n) is 10.0. The average Bonchev–Trinajstić information content (AvgIpc) is 2.93. The van der Waals surface area contributed by atoms with Crippen LogP contribution in [0.2, 0.25) is 0 Å². The highest BCUT2D eigenvalue weighted by Crippen LogP contribution is 2.31. The van der Waals surface area contributed by atoms with Gasteiger partial charge >= 0.3 is 12.1 Å². The molecule has 0 fully saturated rings. The molecule has 0 aliphatic carbocycles. The van der Waals surface area contributed by atoms with Crippen molar-refractivity contribution in [3.05, 3.63) is 47.0 Å². The normalized spacial score (nSPS) is 19.4. The van der Waals surface area contributed by atoms with Gasteiger partial charge in [0.05, 0.1) is 5.57 Å². The van der Waals surface area contributed by atoms with E-state index in [-0.39, 0.29) is 12.0 Å². The van der Waals surface area contributed by atoms with Gasteiger partial charge in [-0.1, -0.05) is 30.3 Å². The van der Waals surface area contributed by atoms with Crippen LogP contribution in [0.25, 0.3) is 11.1 Å². The molecule has 1 atom stereocenters. The fourth-order valence-corrected chi connectivity index (χ4v) is 3.49. The zero-order valence-corrected chi connectivity index (χ0v) is 18.1. The topological polar surface area (TPSA) is 84.9 Å². The van der Waals surface area contributed by atoms with Crippen molar-refractivity contribution in [3.8, 4) is 0 Å². The molecule has 2 amide bonds. The molecule has 7 nitrogen and oxygen atoms in total. The zero-order valence-electron chi connectivity index (χ0n) is 18.1. The number of nitrogens with one attached hydrogen (secondary N) is 1. The lowest BCUT2D eigenvalue weighted by Gasteiger charge is -2.29. The Labute approximate surface area is 176 Å². The maximum Gasteiger partial charge on any atom is 0.410 e. The fraction of sp³-hybridized carbons (Fsp3) is 0.435. The predicted molar refractivity (Wildman–Crippen MR) is 113 cm³/mol. The van der Waals surface area contributed by atoms with E-state index in [1.165, 1.54) is 6.92 Å². The number of hydrogen-bond acceptors (Lipinski definition) is 5. The molecule has 2 aliphatic heterocycles. The third kappa shape index (κ3) is 4.90. The summed E-state index contributed by atoms with van der Waals surface area (Å²) >= 11 is 0. The Hall–Kier alpha value is -3.09. The Morgan fingerprint density at radius 3 is 2.33 bits per heavy atom. The van der Waals surface area contributed by atoms with Gasteiger partial charge in [0, 0.05) is 25.6 Å². The lowest BCUT2D eigenvalue weighted by Crippen LogP contribution is -2.39. The summed E-state index contributed by atoms with van der Waals surface area (Å²) in [5.74, 6) is -0.697. The van der Waals surface area contributed by atoms with Crippen LogP contribution in [0, 0.1) is 0 Å². The molecule has 30 heavy (non-hydrogen) atoms. The molecule has 0 saturated heterocycles. The minimum absolute atomic E-state index is 0.256. The maximum absolute atomic E-state index is 12.3. The largest absolute Gasteiger partial charge is 0.444 e. The molecule has 160 valence electrons. The highest BCUT2D eigenvalue weighted by atomic mass is 16.6. The Bertz CT molecular complexity index is 922. The molecule has 7 heteroatoms. The minimum atomic E-state index is -0.718. The van der Waals surface area contributed by atoms with Crippen LogP contribution >= 0.6 is 0 Å². The third-order valence-corrected chi connectivity index (χ3v) is 4.96. The number of rotatable bonds is 3. The van der Waals surface area contributed by atoms with Gasteiger partial charge in [-0.3, -0.25) is 4.79 Å². The number of cyclic esters (lactones) is 1. The predicted octanol–water partition coefficient (Wildman–Crippen LogP) is 3.50. The van der Waals surface area contributed by atoms with Crippen LogP contribution in [0.4, 0.5) is 4.79 Å². The van der Waals surface area contributed by atoms with Crippen LogP contribution in [-0.2, 0) is 19.1 Å². The monoisotopic (exact) mass is 412 g/mol. The van der Waals surface area contributed by atoms with Crippen LogP contribution in [0.15, 0.2) is 35.9 Å². The van der Waals surface area contributed by atoms with Gasteiger partial charge < -0.3 is 19.7 Å². The highest BCUT2D eigenvalue weighted by molar-refractivity contribution is 6.19. The molecule has 1 N–H and O–H groups in total. The van der Waals surface area contributed by atoms with Gasteiger partial charge in [-0.2, -0.15) is 0 Å². The number of carbonyl (C=O) groups excluding carboxylic acids is 3. The van der Waals surface area contributed by atoms with E-state index in [0.29, 0.717) is 24.2 Å². The van der Waals surface area contributed by atoms with Crippen molar-refractivity contribution >= 4 is 29.1 Å². The quantitative estimate of drug-likeness (QED) is 0.768. The minimum Gasteiger partial charge on any atom is -0.444 e. The van der Waals surface area contributed by atoms with E-state index in [4.69, 9.17) is 9.47 Å². The molecule has 0 unspecified atom stereocenters. The van der Waals surface area contributed by atoms with E-state index in [1.54, 1.807) is 11.8 Å². The van der Waals surface area contributed by atoms with Crippen molar-refractivity contribution in [2.24, 2.45) is 0 Å². The number of nitrogens with zero attached hydrogens (tertiary/aromatic N) is 1. The van der Waals surface area contributed by atoms with E-state index in [9.17, 15) is 14.4 Å². The first-order chi connectivity index (χ1) is 14.0. The maximum atomic E-state index is 12.3. The summed E-state index contributed by atoms with van der Waals surface area (Å²) in [6.07, 6.45) is 1.74. The summed E-state index contributed by atoms with van der Waals surface area (Å²) in [5, 5.41) is 2.62. The number of hydrogen-bond donors (Lipinski definition) is 1. The first kappa shape index (κ1) is 21.6. The molecule has 1 aromatic rings. The summed E-state index contributed by atoms with van der Waals surface area (Å²) in [5.41, 5.74) is 3.61. The fourth-order valence-electron chi connectivity index (χ4n) is 3.49. The Balaban J connectivity index is 1.71. The summed E-state index contributed by atoms with van der Waals surface area (Å²) in [7, 11) is 0. The second kappa shape index (κ2) is 8.34. The molecular formula is C23H28N2O5. The highest BCUT2D eigenvalue weighted by Gasteiger charge is 2.32. The SMILES string of the molecule is CC(=O)N[C@@H]1OC(=O)C(c2ccc(C3=CCN(C(=O)OC(C)(C)C)CC3)cc2)=C1C. The van der Waals surface area contributed by atoms with Crippen LogP contribution < -0.4 is 5.32 Å². The van der Waals surface area contributed by atoms with E-state index in [1.807, 2.05) is 51.1 Å². The van der Waals surface area contributed by atoms with Crippen molar-refractivity contribution in [3.63, 3.8) is 0 Å². The van der Waals surface area contributed by atoms with Gasteiger partial charge in [0.2, 0.25) is 5.91 Å². The van der Waals surface area contributed by atoms with E-state index >= 15 is 0 Å². The number of ether oxygens (including phenoxy) is 2. The molecule has 2 aliphatic rings. The standard InChI is InChI=1S/C23H28N2O5/c1-14-19(21(27)29-20(14)24-15(2)26)18-8-6-16(7-9-18)17-10-12-25(13-11-17)22(28)30-23(3,4)5/h6-10,20H,11-13H2,1-5H3,(H,24,26)/t20-/m1/s1. The Morgan fingerprint density at radius 1 is 1.17 bits per heavy atom. The van der Waals surface area contributed by atoms with Crippen molar-refractivity contribution in [1.29, 1.82) is 0 Å². The average molecular weight is 412 g/mol. The van der Waals surface area contributed by atoms with E-state index in [0.717, 1.165) is 23.1 Å². The lowest BCUT2D eigenvalue weighted by molar-refractivity contribution is -0.140.